The maximum absolute atomic E-state index is 13.9. The largest absolute Gasteiger partial charge is 0.492 e. The van der Waals surface area contributed by atoms with Crippen LogP contribution in [0.5, 0.6) is 5.75 Å². The number of hydrogen-bond donors (Lipinski definition) is 1. The summed E-state index contributed by atoms with van der Waals surface area (Å²) in [4.78, 5) is 30.1. The molecule has 0 aliphatic rings. The fraction of sp³-hybridized carbons (Fsp3) is 0.346. The van der Waals surface area contributed by atoms with Crippen LogP contribution in [0.2, 0.25) is 0 Å². The lowest BCUT2D eigenvalue weighted by Crippen LogP contribution is -2.50. The summed E-state index contributed by atoms with van der Waals surface area (Å²) in [6.07, 6.45) is 1.46. The Labute approximate surface area is 214 Å². The average Bonchev–Trinajstić information content (AvgIpc) is 3.59. The fourth-order valence-corrected chi connectivity index (χ4v) is 3.77. The zero-order valence-electron chi connectivity index (χ0n) is 21.5. The van der Waals surface area contributed by atoms with E-state index in [1.165, 1.54) is 11.2 Å². The molecule has 1 N–H and O–H groups in total. The molecule has 3 heterocycles. The van der Waals surface area contributed by atoms with Crippen molar-refractivity contribution in [2.75, 3.05) is 11.5 Å². The number of nitrogens with zero attached hydrogens (tertiary/aromatic N) is 5. The summed E-state index contributed by atoms with van der Waals surface area (Å²) in [5.74, 6) is 1.23. The Hall–Kier alpha value is -4.41. The molecule has 4 aromatic rings. The van der Waals surface area contributed by atoms with Gasteiger partial charge in [-0.3, -0.25) is 14.5 Å². The molecule has 0 aliphatic carbocycles. The first-order chi connectivity index (χ1) is 17.7. The predicted octanol–water partition coefficient (Wildman–Crippen LogP) is 3.92. The van der Waals surface area contributed by atoms with Gasteiger partial charge in [0.15, 0.2) is 11.8 Å². The Kier molecular flexibility index (Phi) is 7.42. The number of carbonyl (C=O) groups is 2. The van der Waals surface area contributed by atoms with Gasteiger partial charge >= 0.3 is 0 Å². The SMILES string of the molecule is CCOc1ccccc1N(C(=O)Cn1nnc(-c2ccc(C)o2)n1)C(C(=O)NC(C)(C)C)c1ccco1. The van der Waals surface area contributed by atoms with Crippen LogP contribution in [-0.4, -0.2) is 44.2 Å². The van der Waals surface area contributed by atoms with E-state index in [1.54, 1.807) is 48.5 Å². The highest BCUT2D eigenvalue weighted by Crippen LogP contribution is 2.36. The summed E-state index contributed by atoms with van der Waals surface area (Å²) in [6.45, 7) is 9.31. The van der Waals surface area contributed by atoms with Crippen molar-refractivity contribution in [3.05, 3.63) is 66.3 Å². The molecule has 194 valence electrons. The van der Waals surface area contributed by atoms with E-state index in [0.717, 1.165) is 4.80 Å². The number of para-hydroxylation sites is 2. The lowest BCUT2D eigenvalue weighted by Gasteiger charge is -2.33. The Morgan fingerprint density at radius 2 is 1.92 bits per heavy atom. The van der Waals surface area contributed by atoms with E-state index in [-0.39, 0.29) is 12.4 Å². The number of hydrogen-bond acceptors (Lipinski definition) is 8. The molecule has 4 rings (SSSR count). The topological polar surface area (TPSA) is 129 Å². The zero-order chi connectivity index (χ0) is 26.6. The van der Waals surface area contributed by atoms with E-state index in [1.807, 2.05) is 34.6 Å². The number of anilines is 1. The third-order valence-electron chi connectivity index (χ3n) is 5.20. The third kappa shape index (κ3) is 6.05. The molecule has 0 saturated carbocycles. The minimum Gasteiger partial charge on any atom is -0.492 e. The Balaban J connectivity index is 1.75. The summed E-state index contributed by atoms with van der Waals surface area (Å²) < 4.78 is 17.0. The van der Waals surface area contributed by atoms with Crippen LogP contribution < -0.4 is 15.0 Å². The number of aryl methyl sites for hydroxylation is 1. The predicted molar refractivity (Wildman–Crippen MR) is 135 cm³/mol. The van der Waals surface area contributed by atoms with E-state index in [2.05, 4.69) is 20.7 Å². The van der Waals surface area contributed by atoms with Gasteiger partial charge in [-0.15, -0.1) is 10.2 Å². The van der Waals surface area contributed by atoms with E-state index in [9.17, 15) is 9.59 Å². The van der Waals surface area contributed by atoms with Crippen LogP contribution >= 0.6 is 0 Å². The van der Waals surface area contributed by atoms with Crippen molar-refractivity contribution in [2.45, 2.75) is 52.7 Å². The van der Waals surface area contributed by atoms with E-state index in [4.69, 9.17) is 13.6 Å². The first-order valence-corrected chi connectivity index (χ1v) is 11.9. The number of nitrogens with one attached hydrogen (secondary N) is 1. The molecule has 2 amide bonds. The van der Waals surface area contributed by atoms with Crippen LogP contribution in [0.15, 0.2) is 63.6 Å². The van der Waals surface area contributed by atoms with E-state index < -0.39 is 23.4 Å². The second-order valence-corrected chi connectivity index (χ2v) is 9.38. The van der Waals surface area contributed by atoms with Crippen LogP contribution in [0, 0.1) is 6.92 Å². The number of amides is 2. The van der Waals surface area contributed by atoms with Crippen LogP contribution in [0.1, 0.15) is 45.3 Å². The number of tetrazole rings is 1. The average molecular weight is 507 g/mol. The molecule has 0 bridgehead atoms. The summed E-state index contributed by atoms with van der Waals surface area (Å²) >= 11 is 0. The number of ether oxygens (including phenoxy) is 1. The summed E-state index contributed by atoms with van der Waals surface area (Å²) in [7, 11) is 0. The van der Waals surface area contributed by atoms with Crippen molar-refractivity contribution in [1.29, 1.82) is 0 Å². The van der Waals surface area contributed by atoms with Gasteiger partial charge in [-0.1, -0.05) is 12.1 Å². The highest BCUT2D eigenvalue weighted by Gasteiger charge is 2.38. The molecule has 1 aromatic carbocycles. The maximum atomic E-state index is 13.9. The van der Waals surface area contributed by atoms with Gasteiger partial charge in [-0.2, -0.15) is 4.80 Å². The van der Waals surface area contributed by atoms with Crippen molar-refractivity contribution in [1.82, 2.24) is 25.5 Å². The highest BCUT2D eigenvalue weighted by atomic mass is 16.5. The minimum absolute atomic E-state index is 0.246. The van der Waals surface area contributed by atoms with Crippen LogP contribution in [-0.2, 0) is 16.1 Å². The van der Waals surface area contributed by atoms with Crippen molar-refractivity contribution >= 4 is 17.5 Å². The Morgan fingerprint density at radius 3 is 2.57 bits per heavy atom. The van der Waals surface area contributed by atoms with Crippen LogP contribution in [0.25, 0.3) is 11.6 Å². The molecular weight excluding hydrogens is 476 g/mol. The minimum atomic E-state index is -1.13. The first-order valence-electron chi connectivity index (χ1n) is 11.9. The van der Waals surface area contributed by atoms with Crippen LogP contribution in [0.3, 0.4) is 0 Å². The molecule has 11 heteroatoms. The second-order valence-electron chi connectivity index (χ2n) is 9.38. The molecule has 11 nitrogen and oxygen atoms in total. The maximum Gasteiger partial charge on any atom is 0.251 e. The van der Waals surface area contributed by atoms with Crippen molar-refractivity contribution in [3.8, 4) is 17.3 Å². The van der Waals surface area contributed by atoms with Crippen molar-refractivity contribution < 1.29 is 23.2 Å². The van der Waals surface area contributed by atoms with Gasteiger partial charge in [0.25, 0.3) is 11.8 Å². The normalized spacial score (nSPS) is 12.2. The summed E-state index contributed by atoms with van der Waals surface area (Å²) in [5, 5.41) is 15.3. The quantitative estimate of drug-likeness (QED) is 0.362. The summed E-state index contributed by atoms with van der Waals surface area (Å²) in [5.41, 5.74) is -0.151. The molecule has 0 aliphatic heterocycles. The molecule has 0 saturated heterocycles. The lowest BCUT2D eigenvalue weighted by molar-refractivity contribution is -0.128. The smallest absolute Gasteiger partial charge is 0.251 e. The van der Waals surface area contributed by atoms with Gasteiger partial charge < -0.3 is 18.9 Å². The van der Waals surface area contributed by atoms with E-state index >= 15 is 0 Å². The molecule has 0 fully saturated rings. The van der Waals surface area contributed by atoms with Gasteiger partial charge in [0.05, 0.1) is 18.6 Å². The monoisotopic (exact) mass is 506 g/mol. The number of carbonyl (C=O) groups excluding carboxylic acids is 2. The van der Waals surface area contributed by atoms with Crippen molar-refractivity contribution in [2.24, 2.45) is 0 Å². The van der Waals surface area contributed by atoms with Gasteiger partial charge in [0, 0.05) is 5.54 Å². The zero-order valence-corrected chi connectivity index (χ0v) is 21.5. The third-order valence-corrected chi connectivity index (χ3v) is 5.20. The molecule has 1 atom stereocenters. The molecular formula is C26H30N6O5. The number of furan rings is 2. The highest BCUT2D eigenvalue weighted by molar-refractivity contribution is 6.02. The molecule has 1 unspecified atom stereocenters. The number of aromatic nitrogens is 4. The van der Waals surface area contributed by atoms with Crippen LogP contribution in [0.4, 0.5) is 5.69 Å². The lowest BCUT2D eigenvalue weighted by atomic mass is 10.1. The first kappa shape index (κ1) is 25.7. The van der Waals surface area contributed by atoms with E-state index in [0.29, 0.717) is 35.3 Å². The van der Waals surface area contributed by atoms with Gasteiger partial charge in [-0.05, 0) is 76.2 Å². The number of benzene rings is 1. The second kappa shape index (κ2) is 10.7. The molecule has 0 spiro atoms. The standard InChI is InChI=1S/C26H30N6O5/c1-6-35-19-11-8-7-10-18(19)32(23(20-12-9-15-36-20)25(34)27-26(3,4)5)22(33)16-31-29-24(28-30-31)21-14-13-17(2)37-21/h7-15,23H,6,16H2,1-5H3,(H,27,34). The molecule has 0 radical (unpaired) electrons. The van der Waals surface area contributed by atoms with Gasteiger partial charge in [0.1, 0.15) is 23.8 Å². The van der Waals surface area contributed by atoms with Crippen molar-refractivity contribution in [3.63, 3.8) is 0 Å². The summed E-state index contributed by atoms with van der Waals surface area (Å²) in [6, 6.07) is 12.7. The fourth-order valence-electron chi connectivity index (χ4n) is 3.77. The number of rotatable bonds is 9. The molecule has 3 aromatic heterocycles. The van der Waals surface area contributed by atoms with Gasteiger partial charge in [-0.25, -0.2) is 0 Å². The molecule has 37 heavy (non-hydrogen) atoms. The Morgan fingerprint density at radius 1 is 1.14 bits per heavy atom. The Bertz CT molecular complexity index is 1350. The van der Waals surface area contributed by atoms with Gasteiger partial charge in [0.2, 0.25) is 5.82 Å².